The first-order valence-corrected chi connectivity index (χ1v) is 7.61. The van der Waals surface area contributed by atoms with Gasteiger partial charge in [0, 0.05) is 30.0 Å². The normalized spacial score (nSPS) is 9.32. The largest absolute Gasteiger partial charge is 0.507 e. The molecule has 2 rings (SSSR count). The summed E-state index contributed by atoms with van der Waals surface area (Å²) in [5.41, 5.74) is 9.33. The van der Waals surface area contributed by atoms with Gasteiger partial charge in [0.25, 0.3) is 5.91 Å². The van der Waals surface area contributed by atoms with Crippen LogP contribution in [0.3, 0.4) is 0 Å². The fourth-order valence-electron chi connectivity index (χ4n) is 1.66. The van der Waals surface area contributed by atoms with Crippen molar-refractivity contribution < 1.29 is 19.7 Å². The molecule has 0 aliphatic heterocycles. The molecule has 25 heavy (non-hydrogen) atoms. The van der Waals surface area contributed by atoms with E-state index in [0.29, 0.717) is 22.6 Å². The Kier molecular flexibility index (Phi) is 10.9. The molecule has 0 fully saturated rings. The number of phenolic OH excluding ortho intramolecular Hbond substituents is 1. The molecule has 0 aromatic heterocycles. The number of rotatable bonds is 4. The standard InChI is InChI=1S/C15H15N3O3.C2H6.CH4O/c1-21-13-6-5-11(14(19)8-13)9-17-18-15(20)10-3-2-4-12(16)7-10;2*1-2/h2-9,19H,16H2,1H3,(H,18,20);1-2H3;2H,1H3/b17-9+;;. The van der Waals surface area contributed by atoms with Gasteiger partial charge >= 0.3 is 0 Å². The zero-order chi connectivity index (χ0) is 19.2. The van der Waals surface area contributed by atoms with Gasteiger partial charge in [-0.15, -0.1) is 0 Å². The Morgan fingerprint density at radius 1 is 1.20 bits per heavy atom. The molecule has 0 atom stereocenters. The molecule has 0 radical (unpaired) electrons. The molecule has 136 valence electrons. The molecule has 0 aliphatic carbocycles. The van der Waals surface area contributed by atoms with Crippen molar-refractivity contribution in [3.8, 4) is 11.5 Å². The number of amides is 1. The fourth-order valence-corrected chi connectivity index (χ4v) is 1.66. The second kappa shape index (κ2) is 12.4. The third-order valence-electron chi connectivity index (χ3n) is 2.76. The Balaban J connectivity index is 0.00000134. The average Bonchev–Trinajstić information content (AvgIpc) is 2.66. The lowest BCUT2D eigenvalue weighted by Gasteiger charge is -2.03. The van der Waals surface area contributed by atoms with E-state index in [4.69, 9.17) is 15.6 Å². The van der Waals surface area contributed by atoms with Gasteiger partial charge in [0.05, 0.1) is 13.3 Å². The predicted molar refractivity (Wildman–Crippen MR) is 100 cm³/mol. The Morgan fingerprint density at radius 3 is 2.44 bits per heavy atom. The fraction of sp³-hybridized carbons (Fsp3) is 0.222. The topological polar surface area (TPSA) is 117 Å². The lowest BCUT2D eigenvalue weighted by molar-refractivity contribution is 0.0955. The summed E-state index contributed by atoms with van der Waals surface area (Å²) < 4.78 is 4.98. The van der Waals surface area contributed by atoms with Gasteiger partial charge in [-0.2, -0.15) is 5.10 Å². The number of hydrogen-bond donors (Lipinski definition) is 4. The van der Waals surface area contributed by atoms with E-state index in [0.717, 1.165) is 7.11 Å². The summed E-state index contributed by atoms with van der Waals surface area (Å²) in [6, 6.07) is 11.3. The van der Waals surface area contributed by atoms with E-state index in [1.165, 1.54) is 19.4 Å². The summed E-state index contributed by atoms with van der Waals surface area (Å²) in [5, 5.41) is 20.5. The quantitative estimate of drug-likeness (QED) is 0.385. The zero-order valence-corrected chi connectivity index (χ0v) is 14.9. The maximum Gasteiger partial charge on any atom is 0.271 e. The van der Waals surface area contributed by atoms with Crippen LogP contribution in [0.5, 0.6) is 11.5 Å². The molecule has 5 N–H and O–H groups in total. The van der Waals surface area contributed by atoms with Crippen molar-refractivity contribution in [1.82, 2.24) is 5.43 Å². The number of ether oxygens (including phenoxy) is 1. The van der Waals surface area contributed by atoms with Gasteiger partial charge < -0.3 is 20.7 Å². The second-order valence-electron chi connectivity index (χ2n) is 4.25. The van der Waals surface area contributed by atoms with Crippen LogP contribution in [-0.4, -0.2) is 36.6 Å². The number of aliphatic hydroxyl groups is 1. The minimum Gasteiger partial charge on any atom is -0.507 e. The number of nitrogens with two attached hydrogens (primary N) is 1. The van der Waals surface area contributed by atoms with Crippen LogP contribution in [-0.2, 0) is 0 Å². The molecule has 0 unspecified atom stereocenters. The Labute approximate surface area is 147 Å². The van der Waals surface area contributed by atoms with Gasteiger partial charge in [-0.05, 0) is 30.3 Å². The summed E-state index contributed by atoms with van der Waals surface area (Å²) in [4.78, 5) is 11.8. The van der Waals surface area contributed by atoms with E-state index in [1.54, 1.807) is 36.4 Å². The number of methoxy groups -OCH3 is 1. The van der Waals surface area contributed by atoms with E-state index in [2.05, 4.69) is 10.5 Å². The highest BCUT2D eigenvalue weighted by molar-refractivity contribution is 5.95. The van der Waals surface area contributed by atoms with E-state index in [1.807, 2.05) is 13.8 Å². The maximum atomic E-state index is 11.8. The van der Waals surface area contributed by atoms with Crippen LogP contribution in [0, 0.1) is 0 Å². The van der Waals surface area contributed by atoms with Crippen LogP contribution in [0.25, 0.3) is 0 Å². The number of hydrogen-bond acceptors (Lipinski definition) is 6. The van der Waals surface area contributed by atoms with Gasteiger partial charge in [-0.1, -0.05) is 19.9 Å². The summed E-state index contributed by atoms with van der Waals surface area (Å²) in [6.07, 6.45) is 1.35. The molecule has 2 aromatic rings. The third-order valence-corrected chi connectivity index (χ3v) is 2.76. The van der Waals surface area contributed by atoms with E-state index in [9.17, 15) is 9.90 Å². The van der Waals surface area contributed by atoms with E-state index >= 15 is 0 Å². The molecule has 0 heterocycles. The number of nitrogens with zero attached hydrogens (tertiary/aromatic N) is 1. The van der Waals surface area contributed by atoms with Gasteiger partial charge in [-0.3, -0.25) is 4.79 Å². The molecule has 0 saturated carbocycles. The molecule has 1 amide bonds. The number of nitrogen functional groups attached to an aromatic ring is 1. The lowest BCUT2D eigenvalue weighted by Crippen LogP contribution is -2.17. The van der Waals surface area contributed by atoms with Crippen molar-refractivity contribution in [1.29, 1.82) is 0 Å². The molecular weight excluding hydrogens is 322 g/mol. The summed E-state index contributed by atoms with van der Waals surface area (Å²) in [7, 11) is 2.51. The van der Waals surface area contributed by atoms with Crippen molar-refractivity contribution in [3.05, 3.63) is 53.6 Å². The number of carbonyl (C=O) groups excluding carboxylic acids is 1. The van der Waals surface area contributed by atoms with Crippen LogP contribution in [0.2, 0.25) is 0 Å². The lowest BCUT2D eigenvalue weighted by atomic mass is 10.2. The predicted octanol–water partition coefficient (Wildman–Crippen LogP) is 2.38. The summed E-state index contributed by atoms with van der Waals surface area (Å²) in [5.74, 6) is 0.163. The number of carbonyl (C=O) groups is 1. The number of phenols is 1. The van der Waals surface area contributed by atoms with Crippen molar-refractivity contribution in [2.24, 2.45) is 5.10 Å². The van der Waals surface area contributed by atoms with Gasteiger partial charge in [0.15, 0.2) is 0 Å². The average molecular weight is 347 g/mol. The second-order valence-corrected chi connectivity index (χ2v) is 4.25. The molecule has 0 aliphatic rings. The highest BCUT2D eigenvalue weighted by Crippen LogP contribution is 2.21. The Bertz CT molecular complexity index is 688. The van der Waals surface area contributed by atoms with Crippen LogP contribution in [0.15, 0.2) is 47.6 Å². The van der Waals surface area contributed by atoms with E-state index in [-0.39, 0.29) is 11.7 Å². The zero-order valence-electron chi connectivity index (χ0n) is 14.9. The molecule has 0 saturated heterocycles. The van der Waals surface area contributed by atoms with Crippen LogP contribution in [0.4, 0.5) is 5.69 Å². The SMILES string of the molecule is CC.CO.COc1ccc(/C=N/NC(=O)c2cccc(N)c2)c(O)c1. The minimum atomic E-state index is -0.383. The monoisotopic (exact) mass is 347 g/mol. The molecule has 7 nitrogen and oxygen atoms in total. The van der Waals surface area contributed by atoms with Crippen molar-refractivity contribution >= 4 is 17.8 Å². The third kappa shape index (κ3) is 7.36. The highest BCUT2D eigenvalue weighted by Gasteiger charge is 2.04. The molecule has 2 aromatic carbocycles. The minimum absolute atomic E-state index is 0.0105. The first kappa shape index (κ1) is 21.9. The molecular formula is C18H25N3O4. The maximum absolute atomic E-state index is 11.8. The van der Waals surface area contributed by atoms with Crippen LogP contribution in [0.1, 0.15) is 29.8 Å². The smallest absolute Gasteiger partial charge is 0.271 e. The molecule has 7 heteroatoms. The van der Waals surface area contributed by atoms with Crippen molar-refractivity contribution in [2.75, 3.05) is 20.0 Å². The van der Waals surface area contributed by atoms with Gasteiger partial charge in [0.1, 0.15) is 11.5 Å². The number of aromatic hydroxyl groups is 1. The van der Waals surface area contributed by atoms with Crippen molar-refractivity contribution in [3.63, 3.8) is 0 Å². The summed E-state index contributed by atoms with van der Waals surface area (Å²) >= 11 is 0. The first-order valence-electron chi connectivity index (χ1n) is 7.61. The first-order chi connectivity index (χ1) is 12.1. The van der Waals surface area contributed by atoms with Crippen LogP contribution >= 0.6 is 0 Å². The number of benzene rings is 2. The van der Waals surface area contributed by atoms with Gasteiger partial charge in [-0.25, -0.2) is 5.43 Å². The molecule has 0 bridgehead atoms. The highest BCUT2D eigenvalue weighted by atomic mass is 16.5. The Morgan fingerprint density at radius 2 is 1.88 bits per heavy atom. The Hall–Kier alpha value is -3.06. The summed E-state index contributed by atoms with van der Waals surface area (Å²) in [6.45, 7) is 4.00. The van der Waals surface area contributed by atoms with E-state index < -0.39 is 0 Å². The van der Waals surface area contributed by atoms with Crippen LogP contribution < -0.4 is 15.9 Å². The number of anilines is 1. The molecule has 0 spiro atoms. The number of hydrazone groups is 1. The number of nitrogens with one attached hydrogen (secondary N) is 1. The number of aliphatic hydroxyl groups excluding tert-OH is 1. The van der Waals surface area contributed by atoms with Crippen molar-refractivity contribution in [2.45, 2.75) is 13.8 Å². The van der Waals surface area contributed by atoms with Gasteiger partial charge in [0.2, 0.25) is 0 Å².